The summed E-state index contributed by atoms with van der Waals surface area (Å²) in [6.45, 7) is 6.19. The molecule has 1 aromatic carbocycles. The molecule has 0 bridgehead atoms. The molecule has 1 unspecified atom stereocenters. The van der Waals surface area contributed by atoms with Gasteiger partial charge in [-0.25, -0.2) is 0 Å². The maximum absolute atomic E-state index is 3.80. The smallest absolute Gasteiger partial charge is 0.00545 e. The van der Waals surface area contributed by atoms with Crippen LogP contribution in [-0.2, 0) is 0 Å². The van der Waals surface area contributed by atoms with Gasteiger partial charge in [0.25, 0.3) is 0 Å². The molecule has 0 radical (unpaired) electrons. The van der Waals surface area contributed by atoms with E-state index < -0.39 is 0 Å². The molecule has 1 atom stereocenters. The van der Waals surface area contributed by atoms with E-state index in [1.807, 2.05) is 6.08 Å². The van der Waals surface area contributed by atoms with Crippen LogP contribution in [0.5, 0.6) is 0 Å². The van der Waals surface area contributed by atoms with E-state index in [2.05, 4.69) is 74.2 Å². The van der Waals surface area contributed by atoms with Gasteiger partial charge in [-0.15, -0.1) is 6.58 Å². The summed E-state index contributed by atoms with van der Waals surface area (Å²) in [6.07, 6.45) is 24.5. The Labute approximate surface area is 160 Å². The minimum absolute atomic E-state index is 0.385. The van der Waals surface area contributed by atoms with Crippen LogP contribution >= 0.6 is 0 Å². The molecule has 2 aliphatic rings. The van der Waals surface area contributed by atoms with E-state index in [0.29, 0.717) is 5.41 Å². The molecule has 0 heteroatoms. The maximum atomic E-state index is 3.80. The van der Waals surface area contributed by atoms with Crippen molar-refractivity contribution in [3.05, 3.63) is 78.9 Å². The fourth-order valence-corrected chi connectivity index (χ4v) is 4.78. The molecule has 0 aromatic heterocycles. The molecule has 3 rings (SSSR count). The molecule has 1 saturated carbocycles. The number of hydrogen-bond acceptors (Lipinski definition) is 0. The maximum Gasteiger partial charge on any atom is -0.00545 e. The number of rotatable bonds is 7. The molecule has 0 heterocycles. The van der Waals surface area contributed by atoms with Crippen LogP contribution in [0.2, 0.25) is 0 Å². The molecule has 0 amide bonds. The quantitative estimate of drug-likeness (QED) is 0.349. The summed E-state index contributed by atoms with van der Waals surface area (Å²) in [5.41, 5.74) is 3.13. The third kappa shape index (κ3) is 4.47. The van der Waals surface area contributed by atoms with E-state index in [9.17, 15) is 0 Å². The highest BCUT2D eigenvalue weighted by atomic mass is 14.4. The third-order valence-electron chi connectivity index (χ3n) is 6.59. The lowest BCUT2D eigenvalue weighted by Crippen LogP contribution is -2.32. The van der Waals surface area contributed by atoms with Crippen molar-refractivity contribution in [2.45, 2.75) is 58.3 Å². The Bertz CT molecular complexity index is 653. The van der Waals surface area contributed by atoms with Crippen molar-refractivity contribution in [1.29, 1.82) is 0 Å². The van der Waals surface area contributed by atoms with Gasteiger partial charge in [-0.1, -0.05) is 73.7 Å². The molecular weight excluding hydrogens is 312 g/mol. The Morgan fingerprint density at radius 3 is 2.46 bits per heavy atom. The predicted octanol–water partition coefficient (Wildman–Crippen LogP) is 7.76. The van der Waals surface area contributed by atoms with Gasteiger partial charge in [0, 0.05) is 0 Å². The van der Waals surface area contributed by atoms with Gasteiger partial charge in [0.15, 0.2) is 0 Å². The van der Waals surface area contributed by atoms with Crippen LogP contribution in [0.15, 0.2) is 73.4 Å². The van der Waals surface area contributed by atoms with Crippen LogP contribution in [0.1, 0.15) is 63.9 Å². The lowest BCUT2D eigenvalue weighted by Gasteiger charge is -2.42. The molecule has 138 valence electrons. The minimum Gasteiger partial charge on any atom is -0.103 e. The van der Waals surface area contributed by atoms with Crippen molar-refractivity contribution in [3.8, 4) is 0 Å². The Morgan fingerprint density at radius 2 is 1.85 bits per heavy atom. The third-order valence-corrected chi connectivity index (χ3v) is 6.59. The number of hydrogen-bond donors (Lipinski definition) is 0. The highest BCUT2D eigenvalue weighted by molar-refractivity contribution is 5.75. The van der Waals surface area contributed by atoms with E-state index >= 15 is 0 Å². The molecule has 2 aliphatic carbocycles. The SMILES string of the molecule is C=CCCC=CC1CCC(C2(CC)C=CC(c3ccccc3)=CC2)CC1. The summed E-state index contributed by atoms with van der Waals surface area (Å²) in [6, 6.07) is 10.8. The van der Waals surface area contributed by atoms with Crippen molar-refractivity contribution >= 4 is 5.57 Å². The van der Waals surface area contributed by atoms with Gasteiger partial charge in [0.05, 0.1) is 0 Å². The van der Waals surface area contributed by atoms with E-state index in [4.69, 9.17) is 0 Å². The summed E-state index contributed by atoms with van der Waals surface area (Å²) < 4.78 is 0. The highest BCUT2D eigenvalue weighted by Crippen LogP contribution is 2.48. The molecule has 26 heavy (non-hydrogen) atoms. The molecule has 0 aliphatic heterocycles. The first-order chi connectivity index (χ1) is 12.8. The lowest BCUT2D eigenvalue weighted by molar-refractivity contribution is 0.150. The number of allylic oxidation sites excluding steroid dienone is 7. The van der Waals surface area contributed by atoms with E-state index in [0.717, 1.165) is 24.7 Å². The van der Waals surface area contributed by atoms with E-state index in [1.54, 1.807) is 0 Å². The van der Waals surface area contributed by atoms with Crippen molar-refractivity contribution in [1.82, 2.24) is 0 Å². The van der Waals surface area contributed by atoms with Gasteiger partial charge in [-0.05, 0) is 79.8 Å². The molecule has 0 N–H and O–H groups in total. The monoisotopic (exact) mass is 346 g/mol. The minimum atomic E-state index is 0.385. The first kappa shape index (κ1) is 19.0. The zero-order valence-corrected chi connectivity index (χ0v) is 16.4. The average molecular weight is 347 g/mol. The van der Waals surface area contributed by atoms with E-state index in [-0.39, 0.29) is 0 Å². The zero-order valence-electron chi connectivity index (χ0n) is 16.4. The largest absolute Gasteiger partial charge is 0.103 e. The predicted molar refractivity (Wildman–Crippen MR) is 115 cm³/mol. The number of unbranched alkanes of at least 4 members (excludes halogenated alkanes) is 1. The van der Waals surface area contributed by atoms with Crippen LogP contribution in [0.3, 0.4) is 0 Å². The standard InChI is InChI=1S/C26H34/c1-3-5-6-8-11-22-14-16-25(17-15-22)26(4-2)20-18-24(19-21-26)23-12-9-7-10-13-23/h3,7-13,18-20,22,25H,1,4-6,14-17,21H2,2H3. The fourth-order valence-electron chi connectivity index (χ4n) is 4.78. The van der Waals surface area contributed by atoms with Crippen molar-refractivity contribution in [2.75, 3.05) is 0 Å². The van der Waals surface area contributed by atoms with Crippen molar-refractivity contribution in [3.63, 3.8) is 0 Å². The van der Waals surface area contributed by atoms with Gasteiger partial charge in [0.1, 0.15) is 0 Å². The fraction of sp³-hybridized carbons (Fsp3) is 0.462. The normalized spacial score (nSPS) is 28.9. The second-order valence-corrected chi connectivity index (χ2v) is 8.06. The van der Waals surface area contributed by atoms with Gasteiger partial charge < -0.3 is 0 Å². The highest BCUT2D eigenvalue weighted by Gasteiger charge is 2.37. The van der Waals surface area contributed by atoms with Gasteiger partial charge in [0.2, 0.25) is 0 Å². The van der Waals surface area contributed by atoms with Crippen LogP contribution < -0.4 is 0 Å². The van der Waals surface area contributed by atoms with E-state index in [1.165, 1.54) is 49.7 Å². The lowest BCUT2D eigenvalue weighted by atomic mass is 9.62. The Kier molecular flexibility index (Phi) is 6.72. The average Bonchev–Trinajstić information content (AvgIpc) is 2.72. The Hall–Kier alpha value is -1.82. The second kappa shape index (κ2) is 9.21. The molecule has 0 saturated heterocycles. The summed E-state index contributed by atoms with van der Waals surface area (Å²) in [4.78, 5) is 0. The summed E-state index contributed by atoms with van der Waals surface area (Å²) in [5.74, 6) is 1.64. The van der Waals surface area contributed by atoms with Crippen molar-refractivity contribution < 1.29 is 0 Å². The molecule has 0 nitrogen and oxygen atoms in total. The first-order valence-corrected chi connectivity index (χ1v) is 10.5. The van der Waals surface area contributed by atoms with Crippen LogP contribution in [-0.4, -0.2) is 0 Å². The van der Waals surface area contributed by atoms with Gasteiger partial charge >= 0.3 is 0 Å². The van der Waals surface area contributed by atoms with Crippen LogP contribution in [0.4, 0.5) is 0 Å². The molecular formula is C26H34. The topological polar surface area (TPSA) is 0 Å². The number of benzene rings is 1. The Morgan fingerprint density at radius 1 is 1.08 bits per heavy atom. The van der Waals surface area contributed by atoms with Crippen LogP contribution in [0.25, 0.3) is 5.57 Å². The molecule has 0 spiro atoms. The molecule has 1 aromatic rings. The van der Waals surface area contributed by atoms with Gasteiger partial charge in [-0.3, -0.25) is 0 Å². The summed E-state index contributed by atoms with van der Waals surface area (Å²) in [7, 11) is 0. The summed E-state index contributed by atoms with van der Waals surface area (Å²) >= 11 is 0. The van der Waals surface area contributed by atoms with Gasteiger partial charge in [-0.2, -0.15) is 0 Å². The second-order valence-electron chi connectivity index (χ2n) is 8.06. The van der Waals surface area contributed by atoms with Crippen LogP contribution in [0, 0.1) is 17.3 Å². The first-order valence-electron chi connectivity index (χ1n) is 10.5. The zero-order chi connectivity index (χ0) is 18.2. The van der Waals surface area contributed by atoms with Crippen molar-refractivity contribution in [2.24, 2.45) is 17.3 Å². The Balaban J connectivity index is 1.59. The summed E-state index contributed by atoms with van der Waals surface area (Å²) in [5, 5.41) is 0. The molecule has 1 fully saturated rings.